The van der Waals surface area contributed by atoms with Crippen molar-refractivity contribution in [1.29, 1.82) is 0 Å². The molecule has 0 saturated heterocycles. The van der Waals surface area contributed by atoms with E-state index in [9.17, 15) is 9.59 Å². The van der Waals surface area contributed by atoms with Crippen molar-refractivity contribution in [2.45, 2.75) is 18.5 Å². The highest BCUT2D eigenvalue weighted by atomic mass is 16.5. The smallest absolute Gasteiger partial charge is 0.254 e. The highest BCUT2D eigenvalue weighted by Gasteiger charge is 2.44. The zero-order chi connectivity index (χ0) is 25.1. The van der Waals surface area contributed by atoms with Crippen LogP contribution in [0.25, 0.3) is 10.9 Å². The summed E-state index contributed by atoms with van der Waals surface area (Å²) in [5.74, 6) is -0.151. The average Bonchev–Trinajstić information content (AvgIpc) is 3.35. The first-order valence-corrected chi connectivity index (χ1v) is 12.0. The second kappa shape index (κ2) is 10.3. The number of nitrogens with one attached hydrogen (secondary N) is 2. The number of carbonyl (C=O) groups is 2. The zero-order valence-electron chi connectivity index (χ0n) is 20.4. The summed E-state index contributed by atoms with van der Waals surface area (Å²) in [5, 5.41) is 4.10. The van der Waals surface area contributed by atoms with Crippen LogP contribution in [0.4, 0.5) is 0 Å². The van der Waals surface area contributed by atoms with E-state index in [1.54, 1.807) is 25.2 Å². The van der Waals surface area contributed by atoms with Crippen LogP contribution in [-0.2, 0) is 16.1 Å². The fraction of sp³-hybridized carbons (Fsp3) is 0.241. The van der Waals surface area contributed by atoms with Gasteiger partial charge in [-0.3, -0.25) is 9.59 Å². The molecule has 0 bridgehead atoms. The van der Waals surface area contributed by atoms with Gasteiger partial charge in [0.25, 0.3) is 5.91 Å². The number of nitrogens with zero attached hydrogens (tertiary/aromatic N) is 1. The SMILES string of the molecule is COCCN1C(=O)c2ccccc2C(C(=O)NCc2ccccc2OC)C1c1c[nH]c2ccccc12. The Bertz CT molecular complexity index is 1400. The van der Waals surface area contributed by atoms with E-state index in [0.29, 0.717) is 31.0 Å². The third kappa shape index (κ3) is 4.22. The minimum Gasteiger partial charge on any atom is -0.496 e. The molecule has 2 N–H and O–H groups in total. The maximum absolute atomic E-state index is 14.0. The monoisotopic (exact) mass is 483 g/mol. The van der Waals surface area contributed by atoms with Gasteiger partial charge in [-0.1, -0.05) is 54.6 Å². The van der Waals surface area contributed by atoms with Crippen LogP contribution in [0.5, 0.6) is 5.75 Å². The van der Waals surface area contributed by atoms with Gasteiger partial charge in [0, 0.05) is 54.0 Å². The van der Waals surface area contributed by atoms with Crippen LogP contribution in [0.3, 0.4) is 0 Å². The molecular formula is C29H29N3O4. The molecule has 2 atom stereocenters. The number of amides is 2. The number of carbonyl (C=O) groups excluding carboxylic acids is 2. The third-order valence-corrected chi connectivity index (χ3v) is 6.84. The molecule has 4 aromatic rings. The number of benzene rings is 3. The molecule has 2 heterocycles. The van der Waals surface area contributed by atoms with E-state index in [0.717, 1.165) is 27.6 Å². The number of rotatable bonds is 8. The lowest BCUT2D eigenvalue weighted by molar-refractivity contribution is -0.124. The molecule has 1 aliphatic heterocycles. The molecule has 0 spiro atoms. The van der Waals surface area contributed by atoms with Crippen LogP contribution >= 0.6 is 0 Å². The summed E-state index contributed by atoms with van der Waals surface area (Å²) in [6.07, 6.45) is 1.91. The molecule has 2 amide bonds. The molecular weight excluding hydrogens is 454 g/mol. The fourth-order valence-electron chi connectivity index (χ4n) is 5.14. The Labute approximate surface area is 210 Å². The van der Waals surface area contributed by atoms with E-state index in [4.69, 9.17) is 9.47 Å². The van der Waals surface area contributed by atoms with Crippen LogP contribution in [0.1, 0.15) is 39.0 Å². The number of para-hydroxylation sites is 2. The van der Waals surface area contributed by atoms with Gasteiger partial charge in [0.2, 0.25) is 5.91 Å². The van der Waals surface area contributed by atoms with Crippen molar-refractivity contribution in [3.8, 4) is 5.75 Å². The standard InChI is InChI=1S/C29H29N3O4/c1-35-16-15-32-27(23-18-30-24-13-7-6-10-20(23)24)26(21-11-4-5-12-22(21)29(32)34)28(33)31-17-19-9-3-8-14-25(19)36-2/h3-14,18,26-27,30H,15-17H2,1-2H3,(H,31,33). The number of H-pyrrole nitrogens is 1. The lowest BCUT2D eigenvalue weighted by Gasteiger charge is -2.41. The van der Waals surface area contributed by atoms with Crippen LogP contribution < -0.4 is 10.1 Å². The zero-order valence-corrected chi connectivity index (χ0v) is 20.4. The minimum atomic E-state index is -0.607. The Hall–Kier alpha value is -4.10. The summed E-state index contributed by atoms with van der Waals surface area (Å²) in [7, 11) is 3.23. The molecule has 0 aliphatic carbocycles. The van der Waals surface area contributed by atoms with Gasteiger partial charge >= 0.3 is 0 Å². The lowest BCUT2D eigenvalue weighted by Crippen LogP contribution is -2.48. The molecule has 3 aromatic carbocycles. The van der Waals surface area contributed by atoms with E-state index in [1.165, 1.54) is 0 Å². The number of hydrogen-bond acceptors (Lipinski definition) is 4. The Morgan fingerprint density at radius 1 is 0.972 bits per heavy atom. The Kier molecular flexibility index (Phi) is 6.73. The van der Waals surface area contributed by atoms with Gasteiger partial charge in [0.1, 0.15) is 5.75 Å². The predicted octanol–water partition coefficient (Wildman–Crippen LogP) is 4.42. The number of aromatic nitrogens is 1. The summed E-state index contributed by atoms with van der Waals surface area (Å²) in [4.78, 5) is 32.8. The molecule has 2 unspecified atom stereocenters. The molecule has 1 aromatic heterocycles. The normalized spacial score (nSPS) is 17.2. The van der Waals surface area contributed by atoms with E-state index < -0.39 is 12.0 Å². The largest absolute Gasteiger partial charge is 0.496 e. The lowest BCUT2D eigenvalue weighted by atomic mass is 9.79. The van der Waals surface area contributed by atoms with Gasteiger partial charge in [-0.25, -0.2) is 0 Å². The van der Waals surface area contributed by atoms with Gasteiger partial charge in [-0.15, -0.1) is 0 Å². The van der Waals surface area contributed by atoms with Crippen molar-refractivity contribution in [3.63, 3.8) is 0 Å². The maximum Gasteiger partial charge on any atom is 0.254 e. The minimum absolute atomic E-state index is 0.105. The summed E-state index contributed by atoms with van der Waals surface area (Å²) in [6.45, 7) is 1.04. The second-order valence-electron chi connectivity index (χ2n) is 8.82. The number of ether oxygens (including phenoxy) is 2. The molecule has 0 fully saturated rings. The van der Waals surface area contributed by atoms with Gasteiger partial charge in [0.15, 0.2) is 0 Å². The molecule has 5 rings (SSSR count). The fourth-order valence-corrected chi connectivity index (χ4v) is 5.14. The van der Waals surface area contributed by atoms with Crippen LogP contribution in [0, 0.1) is 0 Å². The molecule has 0 saturated carbocycles. The van der Waals surface area contributed by atoms with Crippen molar-refractivity contribution < 1.29 is 19.1 Å². The summed E-state index contributed by atoms with van der Waals surface area (Å²) < 4.78 is 10.8. The molecule has 36 heavy (non-hydrogen) atoms. The van der Waals surface area contributed by atoms with Crippen LogP contribution in [0.15, 0.2) is 79.0 Å². The Morgan fingerprint density at radius 3 is 2.56 bits per heavy atom. The van der Waals surface area contributed by atoms with Crippen molar-refractivity contribution in [2.24, 2.45) is 0 Å². The van der Waals surface area contributed by atoms with Crippen molar-refractivity contribution in [3.05, 3.63) is 101 Å². The first-order chi connectivity index (χ1) is 17.6. The number of hydrogen-bond donors (Lipinski definition) is 2. The van der Waals surface area contributed by atoms with Gasteiger partial charge in [-0.2, -0.15) is 0 Å². The summed E-state index contributed by atoms with van der Waals surface area (Å²) in [6, 6.07) is 22.4. The van der Waals surface area contributed by atoms with E-state index in [2.05, 4.69) is 10.3 Å². The number of aromatic amines is 1. The van der Waals surface area contributed by atoms with Crippen molar-refractivity contribution in [1.82, 2.24) is 15.2 Å². The van der Waals surface area contributed by atoms with Crippen LogP contribution in [0.2, 0.25) is 0 Å². The number of fused-ring (bicyclic) bond motifs is 2. The predicted molar refractivity (Wildman–Crippen MR) is 138 cm³/mol. The maximum atomic E-state index is 14.0. The average molecular weight is 484 g/mol. The van der Waals surface area contributed by atoms with Crippen molar-refractivity contribution >= 4 is 22.7 Å². The van der Waals surface area contributed by atoms with Gasteiger partial charge in [0.05, 0.1) is 25.7 Å². The quantitative estimate of drug-likeness (QED) is 0.389. The molecule has 7 nitrogen and oxygen atoms in total. The highest BCUT2D eigenvalue weighted by molar-refractivity contribution is 6.02. The van der Waals surface area contributed by atoms with Crippen molar-refractivity contribution in [2.75, 3.05) is 27.4 Å². The first-order valence-electron chi connectivity index (χ1n) is 12.0. The molecule has 0 radical (unpaired) electrons. The third-order valence-electron chi connectivity index (χ3n) is 6.84. The Morgan fingerprint density at radius 2 is 1.72 bits per heavy atom. The topological polar surface area (TPSA) is 83.7 Å². The van der Waals surface area contributed by atoms with Crippen LogP contribution in [-0.4, -0.2) is 49.1 Å². The van der Waals surface area contributed by atoms with E-state index in [-0.39, 0.29) is 11.8 Å². The highest BCUT2D eigenvalue weighted by Crippen LogP contribution is 2.44. The summed E-state index contributed by atoms with van der Waals surface area (Å²) >= 11 is 0. The van der Waals surface area contributed by atoms with E-state index in [1.807, 2.05) is 72.9 Å². The first kappa shape index (κ1) is 23.6. The second-order valence-corrected chi connectivity index (χ2v) is 8.82. The summed E-state index contributed by atoms with van der Waals surface area (Å²) in [5.41, 5.74) is 4.01. The van der Waals surface area contributed by atoms with E-state index >= 15 is 0 Å². The Balaban J connectivity index is 1.60. The number of methoxy groups -OCH3 is 2. The molecule has 1 aliphatic rings. The van der Waals surface area contributed by atoms with Gasteiger partial charge < -0.3 is 24.7 Å². The van der Waals surface area contributed by atoms with Gasteiger partial charge in [-0.05, 0) is 23.8 Å². The molecule has 184 valence electrons. The molecule has 7 heteroatoms.